The SMILES string of the molecule is Cc1cc(NC(=O)CN2CCCC(CNC(=O)C3CCCN3)C2)n(C)n1.Cl.Cl. The summed E-state index contributed by atoms with van der Waals surface area (Å²) >= 11 is 0. The number of piperidine rings is 1. The van der Waals surface area contributed by atoms with Gasteiger partial charge in [0.2, 0.25) is 11.8 Å². The maximum absolute atomic E-state index is 12.3. The fourth-order valence-corrected chi connectivity index (χ4v) is 3.85. The molecule has 3 N–H and O–H groups in total. The van der Waals surface area contributed by atoms with Crippen LogP contribution in [0.3, 0.4) is 0 Å². The van der Waals surface area contributed by atoms with Gasteiger partial charge in [-0.2, -0.15) is 5.10 Å². The number of carbonyl (C=O) groups excluding carboxylic acids is 2. The number of nitrogens with one attached hydrogen (secondary N) is 3. The minimum Gasteiger partial charge on any atom is -0.354 e. The van der Waals surface area contributed by atoms with Crippen molar-refractivity contribution in [2.75, 3.05) is 38.0 Å². The summed E-state index contributed by atoms with van der Waals surface area (Å²) in [5.41, 5.74) is 0.883. The Bertz CT molecular complexity index is 648. The Balaban J connectivity index is 0.00000196. The number of amides is 2. The van der Waals surface area contributed by atoms with Crippen LogP contribution >= 0.6 is 24.8 Å². The van der Waals surface area contributed by atoms with E-state index in [2.05, 4.69) is 25.9 Å². The van der Waals surface area contributed by atoms with Gasteiger partial charge in [0, 0.05) is 26.2 Å². The van der Waals surface area contributed by atoms with Gasteiger partial charge in [-0.05, 0) is 51.6 Å². The second-order valence-electron chi connectivity index (χ2n) is 7.48. The van der Waals surface area contributed by atoms with Crippen molar-refractivity contribution in [2.45, 2.75) is 38.6 Å². The molecule has 0 aromatic carbocycles. The van der Waals surface area contributed by atoms with Gasteiger partial charge in [0.1, 0.15) is 5.82 Å². The molecule has 160 valence electrons. The number of rotatable bonds is 6. The van der Waals surface area contributed by atoms with Crippen molar-refractivity contribution in [3.8, 4) is 0 Å². The first-order valence-corrected chi connectivity index (χ1v) is 9.55. The van der Waals surface area contributed by atoms with Crippen LogP contribution in [0.1, 0.15) is 31.4 Å². The van der Waals surface area contributed by atoms with E-state index in [-0.39, 0.29) is 42.7 Å². The Kier molecular flexibility index (Phi) is 10.2. The van der Waals surface area contributed by atoms with Crippen LogP contribution in [-0.2, 0) is 16.6 Å². The first-order chi connectivity index (χ1) is 12.5. The number of hydrogen-bond acceptors (Lipinski definition) is 5. The zero-order chi connectivity index (χ0) is 18.5. The first kappa shape index (κ1) is 24.7. The molecule has 10 heteroatoms. The summed E-state index contributed by atoms with van der Waals surface area (Å²) in [5, 5.41) is 13.5. The number of halogens is 2. The molecule has 0 radical (unpaired) electrons. The predicted octanol–water partition coefficient (Wildman–Crippen LogP) is 1.09. The molecule has 2 fully saturated rings. The summed E-state index contributed by atoms with van der Waals surface area (Å²) in [6.07, 6.45) is 4.15. The van der Waals surface area contributed by atoms with Crippen LogP contribution in [0.15, 0.2) is 6.07 Å². The molecule has 0 aliphatic carbocycles. The maximum atomic E-state index is 12.3. The topological polar surface area (TPSA) is 91.3 Å². The molecule has 28 heavy (non-hydrogen) atoms. The molecule has 2 amide bonds. The van der Waals surface area contributed by atoms with Crippen LogP contribution in [-0.4, -0.2) is 65.3 Å². The second-order valence-corrected chi connectivity index (χ2v) is 7.48. The van der Waals surface area contributed by atoms with E-state index in [1.807, 2.05) is 20.0 Å². The molecular formula is C18H32Cl2N6O2. The summed E-state index contributed by atoms with van der Waals surface area (Å²) in [4.78, 5) is 26.6. The van der Waals surface area contributed by atoms with Crippen molar-refractivity contribution in [1.82, 2.24) is 25.3 Å². The van der Waals surface area contributed by atoms with E-state index < -0.39 is 0 Å². The van der Waals surface area contributed by atoms with Gasteiger partial charge >= 0.3 is 0 Å². The van der Waals surface area contributed by atoms with Crippen LogP contribution in [0.25, 0.3) is 0 Å². The van der Waals surface area contributed by atoms with Crippen molar-refractivity contribution in [2.24, 2.45) is 13.0 Å². The molecule has 3 heterocycles. The molecule has 1 aromatic rings. The monoisotopic (exact) mass is 434 g/mol. The fourth-order valence-electron chi connectivity index (χ4n) is 3.85. The molecule has 3 rings (SSSR count). The van der Waals surface area contributed by atoms with Crippen LogP contribution in [0.2, 0.25) is 0 Å². The normalized spacial score (nSPS) is 22.1. The third-order valence-corrected chi connectivity index (χ3v) is 5.18. The van der Waals surface area contributed by atoms with E-state index in [4.69, 9.17) is 0 Å². The minimum atomic E-state index is -0.0252. The summed E-state index contributed by atoms with van der Waals surface area (Å²) in [5.74, 6) is 1.22. The third-order valence-electron chi connectivity index (χ3n) is 5.18. The van der Waals surface area contributed by atoms with Crippen LogP contribution in [0, 0.1) is 12.8 Å². The highest BCUT2D eigenvalue weighted by molar-refractivity contribution is 5.91. The molecule has 1 aromatic heterocycles. The molecule has 0 bridgehead atoms. The Morgan fingerprint density at radius 2 is 2.07 bits per heavy atom. The summed E-state index contributed by atoms with van der Waals surface area (Å²) in [6.45, 7) is 5.67. The lowest BCUT2D eigenvalue weighted by molar-refractivity contribution is -0.123. The number of hydrogen-bond donors (Lipinski definition) is 3. The average molecular weight is 435 g/mol. The number of aryl methyl sites for hydroxylation is 2. The molecule has 2 aliphatic rings. The van der Waals surface area contributed by atoms with Gasteiger partial charge in [0.05, 0.1) is 18.3 Å². The van der Waals surface area contributed by atoms with Crippen LogP contribution in [0.4, 0.5) is 5.82 Å². The van der Waals surface area contributed by atoms with E-state index in [0.29, 0.717) is 19.0 Å². The number of anilines is 1. The van der Waals surface area contributed by atoms with E-state index in [1.165, 1.54) is 0 Å². The van der Waals surface area contributed by atoms with Gasteiger partial charge in [-0.1, -0.05) is 0 Å². The van der Waals surface area contributed by atoms with Crippen molar-refractivity contribution in [1.29, 1.82) is 0 Å². The van der Waals surface area contributed by atoms with E-state index in [0.717, 1.165) is 56.8 Å². The zero-order valence-electron chi connectivity index (χ0n) is 16.6. The van der Waals surface area contributed by atoms with Crippen molar-refractivity contribution in [3.05, 3.63) is 11.8 Å². The van der Waals surface area contributed by atoms with Gasteiger partial charge in [0.25, 0.3) is 0 Å². The van der Waals surface area contributed by atoms with Gasteiger partial charge in [-0.25, -0.2) is 0 Å². The van der Waals surface area contributed by atoms with Crippen molar-refractivity contribution >= 4 is 42.4 Å². The van der Waals surface area contributed by atoms with Crippen molar-refractivity contribution < 1.29 is 9.59 Å². The minimum absolute atomic E-state index is 0. The van der Waals surface area contributed by atoms with Gasteiger partial charge in [-0.15, -0.1) is 24.8 Å². The summed E-state index contributed by atoms with van der Waals surface area (Å²) in [7, 11) is 1.82. The molecule has 2 unspecified atom stereocenters. The molecule has 2 aliphatic heterocycles. The standard InChI is InChI=1S/C18H30N6O2.2ClH/c1-13-9-16(23(2)22-13)21-17(25)12-24-8-4-5-14(11-24)10-20-18(26)15-6-3-7-19-15;;/h9,14-15,19H,3-8,10-12H2,1-2H3,(H,20,26)(H,21,25);2*1H. The summed E-state index contributed by atoms with van der Waals surface area (Å²) in [6, 6.07) is 1.84. The van der Waals surface area contributed by atoms with Crippen LogP contribution < -0.4 is 16.0 Å². The average Bonchev–Trinajstić information content (AvgIpc) is 3.23. The van der Waals surface area contributed by atoms with E-state index in [9.17, 15) is 9.59 Å². The van der Waals surface area contributed by atoms with E-state index in [1.54, 1.807) is 4.68 Å². The highest BCUT2D eigenvalue weighted by Crippen LogP contribution is 2.16. The Morgan fingerprint density at radius 3 is 2.71 bits per heavy atom. The molecular weight excluding hydrogens is 403 g/mol. The maximum Gasteiger partial charge on any atom is 0.239 e. The fraction of sp³-hybridized carbons (Fsp3) is 0.722. The molecule has 0 saturated carbocycles. The van der Waals surface area contributed by atoms with Gasteiger partial charge < -0.3 is 16.0 Å². The first-order valence-electron chi connectivity index (χ1n) is 9.55. The van der Waals surface area contributed by atoms with E-state index >= 15 is 0 Å². The molecule has 0 spiro atoms. The van der Waals surface area contributed by atoms with Gasteiger partial charge in [0.15, 0.2) is 0 Å². The molecule has 8 nitrogen and oxygen atoms in total. The number of nitrogens with zero attached hydrogens (tertiary/aromatic N) is 3. The second kappa shape index (κ2) is 11.6. The lowest BCUT2D eigenvalue weighted by Crippen LogP contribution is -2.46. The van der Waals surface area contributed by atoms with Crippen molar-refractivity contribution in [3.63, 3.8) is 0 Å². The highest BCUT2D eigenvalue weighted by Gasteiger charge is 2.25. The summed E-state index contributed by atoms with van der Waals surface area (Å²) < 4.78 is 1.68. The number of carbonyl (C=O) groups is 2. The Morgan fingerprint density at radius 1 is 1.29 bits per heavy atom. The molecule has 2 saturated heterocycles. The largest absolute Gasteiger partial charge is 0.354 e. The lowest BCUT2D eigenvalue weighted by atomic mass is 9.98. The third kappa shape index (κ3) is 6.92. The van der Waals surface area contributed by atoms with Crippen LogP contribution in [0.5, 0.6) is 0 Å². The molecule has 2 atom stereocenters. The lowest BCUT2D eigenvalue weighted by Gasteiger charge is -2.32. The highest BCUT2D eigenvalue weighted by atomic mass is 35.5. The zero-order valence-corrected chi connectivity index (χ0v) is 18.2. The quantitative estimate of drug-likeness (QED) is 0.623. The number of likely N-dealkylation sites (tertiary alicyclic amines) is 1. The Labute approximate surface area is 179 Å². The smallest absolute Gasteiger partial charge is 0.239 e. The number of aromatic nitrogens is 2. The predicted molar refractivity (Wildman–Crippen MR) is 114 cm³/mol. The Hall–Kier alpha value is -1.35. The van der Waals surface area contributed by atoms with Gasteiger partial charge in [-0.3, -0.25) is 19.2 Å².